The van der Waals surface area contributed by atoms with Gasteiger partial charge in [-0.3, -0.25) is 9.69 Å². The summed E-state index contributed by atoms with van der Waals surface area (Å²) in [6, 6.07) is 8.69. The van der Waals surface area contributed by atoms with E-state index >= 15 is 0 Å². The fourth-order valence-electron chi connectivity index (χ4n) is 3.66. The number of piperazine rings is 1. The van der Waals surface area contributed by atoms with E-state index in [9.17, 15) is 4.79 Å². The molecule has 4 nitrogen and oxygen atoms in total. The molecule has 2 aliphatic rings. The number of aliphatic hydroxyl groups is 1. The largest absolute Gasteiger partial charge is 0.395 e. The molecule has 1 aromatic rings. The van der Waals surface area contributed by atoms with E-state index in [1.165, 1.54) is 11.1 Å². The van der Waals surface area contributed by atoms with Gasteiger partial charge in [-0.05, 0) is 29.4 Å². The first-order valence-electron chi connectivity index (χ1n) is 9.10. The van der Waals surface area contributed by atoms with Crippen LogP contribution in [0.2, 0.25) is 0 Å². The van der Waals surface area contributed by atoms with E-state index in [-0.39, 0.29) is 17.4 Å². The molecule has 0 aromatic heterocycles. The summed E-state index contributed by atoms with van der Waals surface area (Å²) in [5.41, 5.74) is 2.36. The molecule has 2 fully saturated rings. The lowest BCUT2D eigenvalue weighted by atomic mass is 9.84. The summed E-state index contributed by atoms with van der Waals surface area (Å²) < 4.78 is 0. The summed E-state index contributed by atoms with van der Waals surface area (Å²) >= 11 is 0. The van der Waals surface area contributed by atoms with Crippen molar-refractivity contribution in [3.8, 4) is 0 Å². The summed E-state index contributed by atoms with van der Waals surface area (Å²) in [4.78, 5) is 17.3. The second-order valence-corrected chi connectivity index (χ2v) is 8.27. The first kappa shape index (κ1) is 17.4. The lowest BCUT2D eigenvalue weighted by Gasteiger charge is -2.36. The minimum absolute atomic E-state index is 0.141. The van der Waals surface area contributed by atoms with Crippen LogP contribution in [0, 0.1) is 0 Å². The zero-order valence-electron chi connectivity index (χ0n) is 15.2. The standard InChI is InChI=1S/C20H30N2O2/c1-19(2,3)16-4-6-17(7-5-16)20(8-9-20)18(24)22-12-10-21(11-13-22)14-15-23/h4-7,23H,8-15H2,1-3H3. The predicted molar refractivity (Wildman–Crippen MR) is 96.2 cm³/mol. The van der Waals surface area contributed by atoms with Gasteiger partial charge in [-0.1, -0.05) is 45.0 Å². The van der Waals surface area contributed by atoms with Crippen LogP contribution in [-0.2, 0) is 15.6 Å². The monoisotopic (exact) mass is 330 g/mol. The number of benzene rings is 1. The van der Waals surface area contributed by atoms with Gasteiger partial charge in [-0.15, -0.1) is 0 Å². The second kappa shape index (κ2) is 6.49. The quantitative estimate of drug-likeness (QED) is 0.920. The Bertz CT molecular complexity index is 577. The van der Waals surface area contributed by atoms with Gasteiger partial charge in [0.2, 0.25) is 5.91 Å². The molecular weight excluding hydrogens is 300 g/mol. The van der Waals surface area contributed by atoms with Crippen molar-refractivity contribution in [1.29, 1.82) is 0 Å². The Hall–Kier alpha value is -1.39. The fourth-order valence-corrected chi connectivity index (χ4v) is 3.66. The lowest BCUT2D eigenvalue weighted by molar-refractivity contribution is -0.135. The lowest BCUT2D eigenvalue weighted by Crippen LogP contribution is -2.52. The topological polar surface area (TPSA) is 43.8 Å². The van der Waals surface area contributed by atoms with Gasteiger partial charge in [0.05, 0.1) is 12.0 Å². The maximum atomic E-state index is 13.1. The number of β-amino-alcohol motifs (C(OH)–C–C–N with tert-alkyl or cyclic N) is 1. The van der Waals surface area contributed by atoms with Gasteiger partial charge in [0.1, 0.15) is 0 Å². The second-order valence-electron chi connectivity index (χ2n) is 8.27. The molecule has 3 rings (SSSR count). The van der Waals surface area contributed by atoms with Crippen molar-refractivity contribution in [3.05, 3.63) is 35.4 Å². The van der Waals surface area contributed by atoms with E-state index in [0.717, 1.165) is 39.0 Å². The molecule has 1 N–H and O–H groups in total. The molecule has 0 atom stereocenters. The van der Waals surface area contributed by atoms with Crippen LogP contribution in [0.1, 0.15) is 44.7 Å². The molecule has 24 heavy (non-hydrogen) atoms. The number of rotatable bonds is 4. The zero-order chi connectivity index (χ0) is 17.4. The number of hydrogen-bond donors (Lipinski definition) is 1. The summed E-state index contributed by atoms with van der Waals surface area (Å²) in [6.07, 6.45) is 1.94. The van der Waals surface area contributed by atoms with Crippen molar-refractivity contribution in [2.24, 2.45) is 0 Å². The van der Waals surface area contributed by atoms with Crippen LogP contribution in [0.25, 0.3) is 0 Å². The highest BCUT2D eigenvalue weighted by Crippen LogP contribution is 2.50. The number of carbonyl (C=O) groups excluding carboxylic acids is 1. The minimum Gasteiger partial charge on any atom is -0.395 e. The van der Waals surface area contributed by atoms with Gasteiger partial charge in [-0.25, -0.2) is 0 Å². The van der Waals surface area contributed by atoms with Crippen LogP contribution in [0.4, 0.5) is 0 Å². The van der Waals surface area contributed by atoms with Crippen LogP contribution in [0.15, 0.2) is 24.3 Å². The van der Waals surface area contributed by atoms with E-state index in [0.29, 0.717) is 12.5 Å². The number of aliphatic hydroxyl groups excluding tert-OH is 1. The SMILES string of the molecule is CC(C)(C)c1ccc(C2(C(=O)N3CCN(CCO)CC3)CC2)cc1. The van der Waals surface area contributed by atoms with Crippen molar-refractivity contribution in [3.63, 3.8) is 0 Å². The van der Waals surface area contributed by atoms with Crippen molar-refractivity contribution < 1.29 is 9.90 Å². The average molecular weight is 330 g/mol. The molecule has 1 aromatic carbocycles. The molecule has 0 radical (unpaired) electrons. The van der Waals surface area contributed by atoms with E-state index in [1.54, 1.807) is 0 Å². The van der Waals surface area contributed by atoms with E-state index in [1.807, 2.05) is 4.90 Å². The van der Waals surface area contributed by atoms with Gasteiger partial charge in [0, 0.05) is 32.7 Å². The molecule has 0 unspecified atom stereocenters. The molecule has 1 aliphatic carbocycles. The molecule has 1 heterocycles. The Balaban J connectivity index is 1.69. The zero-order valence-corrected chi connectivity index (χ0v) is 15.2. The molecule has 0 spiro atoms. The summed E-state index contributed by atoms with van der Waals surface area (Å²) in [5, 5.41) is 9.04. The number of amides is 1. The maximum absolute atomic E-state index is 13.1. The summed E-state index contributed by atoms with van der Waals surface area (Å²) in [5.74, 6) is 0.301. The summed E-state index contributed by atoms with van der Waals surface area (Å²) in [7, 11) is 0. The van der Waals surface area contributed by atoms with Crippen LogP contribution in [0.5, 0.6) is 0 Å². The fraction of sp³-hybridized carbons (Fsp3) is 0.650. The van der Waals surface area contributed by atoms with Crippen molar-refractivity contribution in [2.45, 2.75) is 44.4 Å². The summed E-state index contributed by atoms with van der Waals surface area (Å²) in [6.45, 7) is 10.8. The minimum atomic E-state index is -0.268. The predicted octanol–water partition coefficient (Wildman–Crippen LogP) is 2.15. The Labute approximate surface area is 145 Å². The van der Waals surface area contributed by atoms with Gasteiger partial charge < -0.3 is 10.0 Å². The molecule has 1 saturated carbocycles. The van der Waals surface area contributed by atoms with Crippen molar-refractivity contribution in [2.75, 3.05) is 39.3 Å². The first-order valence-corrected chi connectivity index (χ1v) is 9.10. The Morgan fingerprint density at radius 2 is 1.67 bits per heavy atom. The van der Waals surface area contributed by atoms with Crippen molar-refractivity contribution >= 4 is 5.91 Å². The number of nitrogens with zero attached hydrogens (tertiary/aromatic N) is 2. The molecule has 132 valence electrons. The maximum Gasteiger partial charge on any atom is 0.233 e. The van der Waals surface area contributed by atoms with Crippen LogP contribution in [0.3, 0.4) is 0 Å². The number of hydrogen-bond acceptors (Lipinski definition) is 3. The van der Waals surface area contributed by atoms with Crippen LogP contribution < -0.4 is 0 Å². The molecule has 1 amide bonds. The van der Waals surface area contributed by atoms with Crippen LogP contribution >= 0.6 is 0 Å². The third-order valence-corrected chi connectivity index (χ3v) is 5.54. The molecule has 1 saturated heterocycles. The Kier molecular flexibility index (Phi) is 4.71. The smallest absolute Gasteiger partial charge is 0.233 e. The third-order valence-electron chi connectivity index (χ3n) is 5.54. The van der Waals surface area contributed by atoms with Crippen LogP contribution in [-0.4, -0.2) is 60.1 Å². The highest BCUT2D eigenvalue weighted by atomic mass is 16.3. The van der Waals surface area contributed by atoms with E-state index < -0.39 is 0 Å². The normalized spacial score (nSPS) is 20.9. The van der Waals surface area contributed by atoms with Gasteiger partial charge in [0.15, 0.2) is 0 Å². The van der Waals surface area contributed by atoms with Gasteiger partial charge in [-0.2, -0.15) is 0 Å². The highest BCUT2D eigenvalue weighted by molar-refractivity contribution is 5.91. The highest BCUT2D eigenvalue weighted by Gasteiger charge is 2.53. The van der Waals surface area contributed by atoms with Gasteiger partial charge in [0.25, 0.3) is 0 Å². The van der Waals surface area contributed by atoms with E-state index in [2.05, 4.69) is 49.9 Å². The molecule has 0 bridgehead atoms. The molecule has 1 aliphatic heterocycles. The van der Waals surface area contributed by atoms with Gasteiger partial charge >= 0.3 is 0 Å². The molecule has 4 heteroatoms. The molecular formula is C20H30N2O2. The Morgan fingerprint density at radius 3 is 2.12 bits per heavy atom. The Morgan fingerprint density at radius 1 is 1.08 bits per heavy atom. The first-order chi connectivity index (χ1) is 11.4. The third kappa shape index (κ3) is 3.35. The average Bonchev–Trinajstić information content (AvgIpc) is 3.36. The van der Waals surface area contributed by atoms with E-state index in [4.69, 9.17) is 5.11 Å². The van der Waals surface area contributed by atoms with Crippen molar-refractivity contribution in [1.82, 2.24) is 9.80 Å². The number of carbonyl (C=O) groups is 1.